The number of nitriles is 2. The van der Waals surface area contributed by atoms with Gasteiger partial charge in [0.05, 0.1) is 44.0 Å². The predicted octanol–water partition coefficient (Wildman–Crippen LogP) is 3.85. The summed E-state index contributed by atoms with van der Waals surface area (Å²) < 4.78 is 22.2. The Morgan fingerprint density at radius 2 is 1.38 bits per heavy atom. The first kappa shape index (κ1) is 24.0. The van der Waals surface area contributed by atoms with Crippen LogP contribution in [0, 0.1) is 28.1 Å². The fraction of sp³-hybridized carbons (Fsp3) is 0.600. The Labute approximate surface area is 157 Å². The second-order valence-electron chi connectivity index (χ2n) is 5.17. The third-order valence-corrected chi connectivity index (χ3v) is 3.30. The Hall–Kier alpha value is -1.96. The van der Waals surface area contributed by atoms with Crippen molar-refractivity contribution >= 4 is 0 Å². The van der Waals surface area contributed by atoms with Crippen LogP contribution in [0.5, 0.6) is 0 Å². The van der Waals surface area contributed by atoms with E-state index in [0.717, 1.165) is 5.56 Å². The number of nitrogens with zero attached hydrogens (tertiary/aromatic N) is 2. The number of ether oxygens (including phenoxy) is 4. The van der Waals surface area contributed by atoms with Crippen molar-refractivity contribution in [3.63, 3.8) is 0 Å². The minimum atomic E-state index is -0.501. The molecule has 1 aromatic rings. The lowest BCUT2D eigenvalue weighted by atomic mass is 9.91. The first-order valence-corrected chi connectivity index (χ1v) is 8.97. The van der Waals surface area contributed by atoms with E-state index in [2.05, 4.69) is 0 Å². The molecule has 0 N–H and O–H groups in total. The quantitative estimate of drug-likeness (QED) is 0.685. The summed E-state index contributed by atoms with van der Waals surface area (Å²) in [6, 6.07) is 13.5. The van der Waals surface area contributed by atoms with E-state index < -0.39 is 11.7 Å². The highest BCUT2D eigenvalue weighted by molar-refractivity contribution is 5.16. The van der Waals surface area contributed by atoms with Crippen LogP contribution < -0.4 is 0 Å². The molecule has 0 bridgehead atoms. The molecule has 0 atom stereocenters. The van der Waals surface area contributed by atoms with Crippen LogP contribution in [0.3, 0.4) is 0 Å². The van der Waals surface area contributed by atoms with Crippen LogP contribution in [0.4, 0.5) is 0 Å². The molecule has 0 radical (unpaired) electrons. The Kier molecular flexibility index (Phi) is 14.2. The van der Waals surface area contributed by atoms with Crippen LogP contribution >= 0.6 is 0 Å². The van der Waals surface area contributed by atoms with Gasteiger partial charge < -0.3 is 18.9 Å². The zero-order valence-electron chi connectivity index (χ0n) is 16.2. The molecule has 6 heteroatoms. The van der Waals surface area contributed by atoms with Crippen molar-refractivity contribution in [2.75, 3.05) is 39.6 Å². The molecule has 0 amide bonds. The van der Waals surface area contributed by atoms with Gasteiger partial charge >= 0.3 is 0 Å². The molecule has 144 valence electrons. The molecule has 1 aromatic carbocycles. The van der Waals surface area contributed by atoms with Gasteiger partial charge in [0.15, 0.2) is 6.29 Å². The van der Waals surface area contributed by atoms with Crippen LogP contribution in [-0.4, -0.2) is 39.6 Å². The lowest BCUT2D eigenvalue weighted by Gasteiger charge is -2.39. The van der Waals surface area contributed by atoms with Crippen molar-refractivity contribution in [3.8, 4) is 12.1 Å². The van der Waals surface area contributed by atoms with Crippen LogP contribution in [0.2, 0.25) is 0 Å². The van der Waals surface area contributed by atoms with Gasteiger partial charge in [-0.1, -0.05) is 58.0 Å². The molecule has 0 saturated carbocycles. The molecular weight excluding hydrogens is 332 g/mol. The lowest BCUT2D eigenvalue weighted by Crippen LogP contribution is -2.46. The molecule has 26 heavy (non-hydrogen) atoms. The summed E-state index contributed by atoms with van der Waals surface area (Å²) in [4.78, 5) is 0. The zero-order valence-corrected chi connectivity index (χ0v) is 16.2. The smallest absolute Gasteiger partial charge is 0.183 e. The van der Waals surface area contributed by atoms with E-state index >= 15 is 0 Å². The van der Waals surface area contributed by atoms with Crippen molar-refractivity contribution in [1.82, 2.24) is 0 Å². The van der Waals surface area contributed by atoms with Gasteiger partial charge in [-0.05, 0) is 0 Å². The Bertz CT molecular complexity index is 507. The maximum atomic E-state index is 8.57. The minimum Gasteiger partial charge on any atom is -0.366 e. The second-order valence-corrected chi connectivity index (χ2v) is 5.17. The molecule has 6 nitrogen and oxygen atoms in total. The number of rotatable bonds is 7. The van der Waals surface area contributed by atoms with Gasteiger partial charge in [-0.25, -0.2) is 0 Å². The molecule has 0 aromatic heterocycles. The fourth-order valence-electron chi connectivity index (χ4n) is 2.23. The zero-order chi connectivity index (χ0) is 19.7. The standard InChI is InChI=1S/C16H18N2O4.2C2H6/c17-6-8-19-10-16(11-20-9-7-18)12-21-15(22-13-16)14-4-2-1-3-5-14;2*1-2/h1-5,15H,8-13H2;2*1-2H3. The highest BCUT2D eigenvalue weighted by Crippen LogP contribution is 2.32. The fourth-order valence-corrected chi connectivity index (χ4v) is 2.23. The summed E-state index contributed by atoms with van der Waals surface area (Å²) in [5.41, 5.74) is 0.450. The minimum absolute atomic E-state index is 0.00210. The van der Waals surface area contributed by atoms with Crippen molar-refractivity contribution in [2.45, 2.75) is 34.0 Å². The highest BCUT2D eigenvalue weighted by atomic mass is 16.7. The van der Waals surface area contributed by atoms with Gasteiger partial charge in [0, 0.05) is 5.56 Å². The molecular formula is C20H30N2O4. The summed E-state index contributed by atoms with van der Waals surface area (Å²) in [5.74, 6) is 0. The Balaban J connectivity index is 0.00000146. The average Bonchev–Trinajstić information content (AvgIpc) is 2.73. The van der Waals surface area contributed by atoms with Gasteiger partial charge in [0.1, 0.15) is 13.2 Å². The van der Waals surface area contributed by atoms with E-state index in [9.17, 15) is 0 Å². The lowest BCUT2D eigenvalue weighted by molar-refractivity contribution is -0.253. The maximum absolute atomic E-state index is 8.57. The van der Waals surface area contributed by atoms with E-state index in [4.69, 9.17) is 29.5 Å². The molecule has 1 aliphatic heterocycles. The van der Waals surface area contributed by atoms with Gasteiger partial charge in [-0.15, -0.1) is 0 Å². The Morgan fingerprint density at radius 3 is 1.81 bits per heavy atom. The normalized spacial score (nSPS) is 15.3. The molecule has 1 heterocycles. The number of benzene rings is 1. The van der Waals surface area contributed by atoms with Crippen molar-refractivity contribution < 1.29 is 18.9 Å². The van der Waals surface area contributed by atoms with Gasteiger partial charge in [-0.2, -0.15) is 10.5 Å². The maximum Gasteiger partial charge on any atom is 0.183 e. The van der Waals surface area contributed by atoms with Crippen LogP contribution in [0.25, 0.3) is 0 Å². The monoisotopic (exact) mass is 362 g/mol. The average molecular weight is 362 g/mol. The van der Waals surface area contributed by atoms with Crippen LogP contribution in [0.1, 0.15) is 39.5 Å². The van der Waals surface area contributed by atoms with Crippen molar-refractivity contribution in [2.24, 2.45) is 5.41 Å². The summed E-state index contributed by atoms with van der Waals surface area (Å²) in [6.07, 6.45) is -0.416. The van der Waals surface area contributed by atoms with E-state index in [1.807, 2.05) is 70.2 Å². The van der Waals surface area contributed by atoms with Gasteiger partial charge in [0.25, 0.3) is 0 Å². The largest absolute Gasteiger partial charge is 0.366 e. The summed E-state index contributed by atoms with van der Waals surface area (Å²) >= 11 is 0. The third-order valence-electron chi connectivity index (χ3n) is 3.30. The predicted molar refractivity (Wildman–Crippen MR) is 99.1 cm³/mol. The molecule has 1 saturated heterocycles. The van der Waals surface area contributed by atoms with Gasteiger partial charge in [0.2, 0.25) is 0 Å². The van der Waals surface area contributed by atoms with Gasteiger partial charge in [-0.3, -0.25) is 0 Å². The van der Waals surface area contributed by atoms with Crippen LogP contribution in [0.15, 0.2) is 30.3 Å². The van der Waals surface area contributed by atoms with Crippen molar-refractivity contribution in [1.29, 1.82) is 10.5 Å². The SMILES string of the molecule is CC.CC.N#CCOCC1(COCC#N)COC(c2ccccc2)OC1. The second kappa shape index (κ2) is 15.3. The summed E-state index contributed by atoms with van der Waals surface area (Å²) in [5, 5.41) is 17.1. The number of hydrogen-bond acceptors (Lipinski definition) is 6. The molecule has 0 spiro atoms. The van der Waals surface area contributed by atoms with E-state index in [0.29, 0.717) is 13.2 Å². The molecule has 0 aliphatic carbocycles. The number of hydrogen-bond donors (Lipinski definition) is 0. The van der Waals surface area contributed by atoms with E-state index in [1.165, 1.54) is 0 Å². The molecule has 2 rings (SSSR count). The highest BCUT2D eigenvalue weighted by Gasteiger charge is 2.38. The van der Waals surface area contributed by atoms with E-state index in [-0.39, 0.29) is 26.4 Å². The third kappa shape index (κ3) is 8.42. The topological polar surface area (TPSA) is 84.5 Å². The van der Waals surface area contributed by atoms with Crippen molar-refractivity contribution in [3.05, 3.63) is 35.9 Å². The molecule has 1 fully saturated rings. The first-order chi connectivity index (χ1) is 12.8. The molecule has 1 aliphatic rings. The van der Waals surface area contributed by atoms with Crippen LogP contribution in [-0.2, 0) is 18.9 Å². The summed E-state index contributed by atoms with van der Waals surface area (Å²) in [7, 11) is 0. The Morgan fingerprint density at radius 1 is 0.923 bits per heavy atom. The van der Waals surface area contributed by atoms with E-state index in [1.54, 1.807) is 0 Å². The first-order valence-electron chi connectivity index (χ1n) is 8.97. The molecule has 0 unspecified atom stereocenters. The summed E-state index contributed by atoms with van der Waals surface area (Å²) in [6.45, 7) is 9.33.